The summed E-state index contributed by atoms with van der Waals surface area (Å²) in [5.74, 6) is 2.40. The fourth-order valence-electron chi connectivity index (χ4n) is 3.69. The first kappa shape index (κ1) is 12.4. The smallest absolute Gasteiger partial charge is 0.228 e. The number of allylic oxidation sites excluding steroid dienone is 4. The van der Waals surface area contributed by atoms with Gasteiger partial charge in [-0.05, 0) is 49.5 Å². The second-order valence-electron chi connectivity index (χ2n) is 6.95. The predicted octanol–water partition coefficient (Wildman–Crippen LogP) is 2.92. The molecule has 1 saturated heterocycles. The molecule has 0 spiro atoms. The summed E-state index contributed by atoms with van der Waals surface area (Å²) in [6.45, 7) is 0. The third kappa shape index (κ3) is 2.14. The molecule has 1 saturated carbocycles. The Morgan fingerprint density at radius 1 is 1.27 bits per heavy atom. The Kier molecular flexibility index (Phi) is 2.52. The molecule has 22 heavy (non-hydrogen) atoms. The second-order valence-corrected chi connectivity index (χ2v) is 6.95. The van der Waals surface area contributed by atoms with Crippen molar-refractivity contribution in [2.45, 2.75) is 31.7 Å². The zero-order valence-electron chi connectivity index (χ0n) is 12.4. The Morgan fingerprint density at radius 2 is 2.18 bits per heavy atom. The topological polar surface area (TPSA) is 54.0 Å². The minimum atomic E-state index is 0.118. The molecule has 4 aliphatic rings. The molecule has 5 rings (SSSR count). The van der Waals surface area contributed by atoms with Crippen molar-refractivity contribution in [3.8, 4) is 0 Å². The number of hydrogen-bond acceptors (Lipinski definition) is 3. The Labute approximate surface area is 129 Å². The van der Waals surface area contributed by atoms with E-state index in [0.717, 1.165) is 30.9 Å². The van der Waals surface area contributed by atoms with E-state index in [-0.39, 0.29) is 17.9 Å². The molecule has 2 N–H and O–H groups in total. The Balaban J connectivity index is 1.34. The maximum Gasteiger partial charge on any atom is 0.228 e. The number of carbonyl (C=O) groups is 1. The highest BCUT2D eigenvalue weighted by molar-refractivity contribution is 5.93. The zero-order chi connectivity index (χ0) is 14.7. The average molecular weight is 293 g/mol. The van der Waals surface area contributed by atoms with Crippen LogP contribution in [-0.4, -0.2) is 10.9 Å². The van der Waals surface area contributed by atoms with Gasteiger partial charge in [0, 0.05) is 23.5 Å². The summed E-state index contributed by atoms with van der Waals surface area (Å²) >= 11 is 0. The monoisotopic (exact) mass is 293 g/mol. The minimum absolute atomic E-state index is 0.118. The van der Waals surface area contributed by atoms with Crippen molar-refractivity contribution in [2.24, 2.45) is 17.8 Å². The van der Waals surface area contributed by atoms with E-state index in [9.17, 15) is 4.79 Å². The minimum Gasteiger partial charge on any atom is -0.380 e. The molecule has 1 aromatic heterocycles. The fourth-order valence-corrected chi connectivity index (χ4v) is 3.69. The standard InChI is InChI=1S/C18H19N3O/c22-18(10-4-5-10)21-17-3-1-2-14(20-17)16-9-13-7-11-6-12(11)8-15(13)19-16/h1-3,6,8,10-11,13,16,19H,4-5,7,9H2,(H,20,21,22). The highest BCUT2D eigenvalue weighted by atomic mass is 16.2. The van der Waals surface area contributed by atoms with Crippen LogP contribution in [0.2, 0.25) is 0 Å². The van der Waals surface area contributed by atoms with Gasteiger partial charge < -0.3 is 10.6 Å². The van der Waals surface area contributed by atoms with Crippen molar-refractivity contribution in [3.63, 3.8) is 0 Å². The van der Waals surface area contributed by atoms with Crippen molar-refractivity contribution in [1.82, 2.24) is 10.3 Å². The van der Waals surface area contributed by atoms with Gasteiger partial charge in [-0.1, -0.05) is 12.1 Å². The summed E-state index contributed by atoms with van der Waals surface area (Å²) in [7, 11) is 0. The summed E-state index contributed by atoms with van der Waals surface area (Å²) in [5, 5.41) is 6.57. The van der Waals surface area contributed by atoms with Crippen LogP contribution in [0.4, 0.5) is 5.82 Å². The molecule has 3 unspecified atom stereocenters. The van der Waals surface area contributed by atoms with Crippen molar-refractivity contribution in [2.75, 3.05) is 5.32 Å². The van der Waals surface area contributed by atoms with Gasteiger partial charge in [-0.3, -0.25) is 4.79 Å². The number of amides is 1. The molecule has 4 nitrogen and oxygen atoms in total. The van der Waals surface area contributed by atoms with E-state index >= 15 is 0 Å². The predicted molar refractivity (Wildman–Crippen MR) is 83.8 cm³/mol. The zero-order valence-corrected chi connectivity index (χ0v) is 12.4. The quantitative estimate of drug-likeness (QED) is 0.901. The molecule has 1 aromatic rings. The van der Waals surface area contributed by atoms with Crippen LogP contribution in [0.5, 0.6) is 0 Å². The highest BCUT2D eigenvalue weighted by Crippen LogP contribution is 2.48. The molecule has 1 aliphatic heterocycles. The van der Waals surface area contributed by atoms with Gasteiger partial charge in [-0.15, -0.1) is 0 Å². The lowest BCUT2D eigenvalue weighted by Gasteiger charge is -2.15. The average Bonchev–Trinajstić information content (AvgIpc) is 3.41. The van der Waals surface area contributed by atoms with Crippen LogP contribution in [0.3, 0.4) is 0 Å². The van der Waals surface area contributed by atoms with Crippen LogP contribution in [0.25, 0.3) is 0 Å². The third-order valence-electron chi connectivity index (χ3n) is 5.20. The summed E-state index contributed by atoms with van der Waals surface area (Å²) in [5.41, 5.74) is 3.91. The third-order valence-corrected chi connectivity index (χ3v) is 5.20. The first-order valence-electron chi connectivity index (χ1n) is 8.24. The number of carbonyl (C=O) groups excluding carboxylic acids is 1. The van der Waals surface area contributed by atoms with Crippen molar-refractivity contribution in [1.29, 1.82) is 0 Å². The lowest BCUT2D eigenvalue weighted by molar-refractivity contribution is -0.117. The van der Waals surface area contributed by atoms with E-state index in [1.54, 1.807) is 0 Å². The van der Waals surface area contributed by atoms with E-state index in [2.05, 4.69) is 33.8 Å². The first-order chi connectivity index (χ1) is 10.8. The van der Waals surface area contributed by atoms with Gasteiger partial charge in [-0.2, -0.15) is 0 Å². The summed E-state index contributed by atoms with van der Waals surface area (Å²) in [4.78, 5) is 16.5. The SMILES string of the molecule is O=C(Nc1cccc(C2CC3CC4C=C4C=C3N2)n1)C1CC1. The number of pyridine rings is 1. The maximum atomic E-state index is 11.9. The summed E-state index contributed by atoms with van der Waals surface area (Å²) in [6.07, 6.45) is 9.07. The molecule has 0 aromatic carbocycles. The molecular weight excluding hydrogens is 274 g/mol. The van der Waals surface area contributed by atoms with Crippen molar-refractivity contribution < 1.29 is 4.79 Å². The Bertz CT molecular complexity index is 717. The largest absolute Gasteiger partial charge is 0.380 e. The second kappa shape index (κ2) is 4.45. The Morgan fingerprint density at radius 3 is 3.05 bits per heavy atom. The number of rotatable bonds is 3. The van der Waals surface area contributed by atoms with Crippen LogP contribution in [0.1, 0.15) is 37.4 Å². The molecule has 0 radical (unpaired) electrons. The number of nitrogens with one attached hydrogen (secondary N) is 2. The lowest BCUT2D eigenvalue weighted by Crippen LogP contribution is -2.17. The van der Waals surface area contributed by atoms with Crippen LogP contribution in [-0.2, 0) is 4.79 Å². The van der Waals surface area contributed by atoms with Gasteiger partial charge in [0.05, 0.1) is 11.7 Å². The van der Waals surface area contributed by atoms with Gasteiger partial charge in [0.1, 0.15) is 5.82 Å². The normalized spacial score (nSPS) is 31.4. The van der Waals surface area contributed by atoms with E-state index in [1.165, 1.54) is 17.7 Å². The molecule has 4 heteroatoms. The van der Waals surface area contributed by atoms with Crippen molar-refractivity contribution in [3.05, 3.63) is 47.3 Å². The Hall–Kier alpha value is -2.10. The highest BCUT2D eigenvalue weighted by Gasteiger charge is 2.39. The van der Waals surface area contributed by atoms with Crippen LogP contribution >= 0.6 is 0 Å². The molecule has 3 atom stereocenters. The summed E-state index contributed by atoms with van der Waals surface area (Å²) < 4.78 is 0. The van der Waals surface area contributed by atoms with E-state index < -0.39 is 0 Å². The molecule has 2 fully saturated rings. The molecule has 2 heterocycles. The number of anilines is 1. The van der Waals surface area contributed by atoms with Gasteiger partial charge >= 0.3 is 0 Å². The number of hydrogen-bond donors (Lipinski definition) is 2. The molecule has 0 bridgehead atoms. The van der Waals surface area contributed by atoms with Crippen molar-refractivity contribution >= 4 is 11.7 Å². The lowest BCUT2D eigenvalue weighted by atomic mass is 9.90. The fraction of sp³-hybridized carbons (Fsp3) is 0.444. The summed E-state index contributed by atoms with van der Waals surface area (Å²) in [6, 6.07) is 6.20. The number of fused-ring (bicyclic) bond motifs is 2. The van der Waals surface area contributed by atoms with Crippen LogP contribution < -0.4 is 10.6 Å². The van der Waals surface area contributed by atoms with Gasteiger partial charge in [-0.25, -0.2) is 4.98 Å². The van der Waals surface area contributed by atoms with Gasteiger partial charge in [0.15, 0.2) is 0 Å². The van der Waals surface area contributed by atoms with E-state index in [4.69, 9.17) is 0 Å². The number of nitrogens with zero attached hydrogens (tertiary/aromatic N) is 1. The van der Waals surface area contributed by atoms with Gasteiger partial charge in [0.2, 0.25) is 5.91 Å². The van der Waals surface area contributed by atoms with E-state index in [0.29, 0.717) is 11.7 Å². The van der Waals surface area contributed by atoms with Gasteiger partial charge in [0.25, 0.3) is 0 Å². The maximum absolute atomic E-state index is 11.9. The van der Waals surface area contributed by atoms with Crippen LogP contribution in [0, 0.1) is 17.8 Å². The molecule has 3 aliphatic carbocycles. The molecule has 112 valence electrons. The van der Waals surface area contributed by atoms with Crippen LogP contribution in [0.15, 0.2) is 41.6 Å². The van der Waals surface area contributed by atoms with E-state index in [1.807, 2.05) is 12.1 Å². The molecule has 1 amide bonds. The first-order valence-corrected chi connectivity index (χ1v) is 8.24. The molecular formula is C18H19N3O. The number of aromatic nitrogens is 1.